The van der Waals surface area contributed by atoms with Gasteiger partial charge in [-0.3, -0.25) is 4.79 Å². The predicted octanol–water partition coefficient (Wildman–Crippen LogP) is 5.30. The molecule has 0 aliphatic rings. The highest BCUT2D eigenvalue weighted by Crippen LogP contribution is 2.26. The number of benzene rings is 2. The largest absolute Gasteiger partial charge is 0.320 e. The van der Waals surface area contributed by atoms with E-state index < -0.39 is 5.91 Å². The minimum Gasteiger partial charge on any atom is -0.320 e. The van der Waals surface area contributed by atoms with Crippen molar-refractivity contribution in [2.75, 3.05) is 5.32 Å². The van der Waals surface area contributed by atoms with Crippen LogP contribution < -0.4 is 5.32 Å². The molecule has 6 heteroatoms. The van der Waals surface area contributed by atoms with Crippen molar-refractivity contribution in [3.8, 4) is 6.07 Å². The number of hydrogen-bond donors (Lipinski definition) is 1. The average Bonchev–Trinajstić information content (AvgIpc) is 2.50. The van der Waals surface area contributed by atoms with Gasteiger partial charge in [0.2, 0.25) is 0 Å². The van der Waals surface area contributed by atoms with Crippen molar-refractivity contribution < 1.29 is 4.79 Å². The van der Waals surface area contributed by atoms with Gasteiger partial charge in [-0.15, -0.1) is 0 Å². The molecule has 0 radical (unpaired) electrons. The Morgan fingerprint density at radius 2 is 1.95 bits per heavy atom. The molecule has 2 rings (SSSR count). The first kappa shape index (κ1) is 16.6. The summed E-state index contributed by atoms with van der Waals surface area (Å²) in [4.78, 5) is 12.2. The number of amides is 1. The van der Waals surface area contributed by atoms with Crippen LogP contribution in [-0.2, 0) is 4.79 Å². The minimum atomic E-state index is -0.553. The predicted molar refractivity (Wildman–Crippen MR) is 92.8 cm³/mol. The first-order valence-electron chi connectivity index (χ1n) is 6.14. The number of carbonyl (C=O) groups is 1. The molecule has 0 heterocycles. The molecule has 0 aromatic heterocycles. The lowest BCUT2D eigenvalue weighted by Crippen LogP contribution is -2.13. The molecular weight excluding hydrogens is 387 g/mol. The van der Waals surface area contributed by atoms with Crippen molar-refractivity contribution >= 4 is 56.8 Å². The lowest BCUT2D eigenvalue weighted by atomic mass is 10.1. The van der Waals surface area contributed by atoms with Gasteiger partial charge in [0.15, 0.2) is 0 Å². The Labute approximate surface area is 146 Å². The number of carbonyl (C=O) groups excluding carboxylic acids is 1. The number of nitriles is 1. The van der Waals surface area contributed by atoms with Gasteiger partial charge >= 0.3 is 0 Å². The molecule has 0 spiro atoms. The fourth-order valence-corrected chi connectivity index (χ4v) is 2.42. The first-order chi connectivity index (χ1) is 10.5. The van der Waals surface area contributed by atoms with E-state index in [0.717, 1.165) is 10.0 Å². The zero-order valence-electron chi connectivity index (χ0n) is 11.1. The highest BCUT2D eigenvalue weighted by Gasteiger charge is 2.12. The molecular formula is C16H9BrCl2N2O. The molecule has 0 aliphatic heterocycles. The molecule has 1 N–H and O–H groups in total. The third-order valence-corrected chi connectivity index (χ3v) is 4.03. The molecule has 0 atom stereocenters. The summed E-state index contributed by atoms with van der Waals surface area (Å²) in [7, 11) is 0. The van der Waals surface area contributed by atoms with Crippen LogP contribution in [0.4, 0.5) is 5.69 Å². The highest BCUT2D eigenvalue weighted by atomic mass is 79.9. The maximum absolute atomic E-state index is 12.2. The van der Waals surface area contributed by atoms with Gasteiger partial charge in [-0.1, -0.05) is 57.3 Å². The second-order valence-corrected chi connectivity index (χ2v) is 5.97. The summed E-state index contributed by atoms with van der Waals surface area (Å²) in [5.41, 5.74) is 1.04. The Kier molecular flexibility index (Phi) is 5.62. The van der Waals surface area contributed by atoms with Crippen molar-refractivity contribution in [2.45, 2.75) is 0 Å². The van der Waals surface area contributed by atoms with Crippen LogP contribution in [0.15, 0.2) is 52.5 Å². The number of halogens is 3. The Hall–Kier alpha value is -1.80. The number of rotatable bonds is 3. The van der Waals surface area contributed by atoms with E-state index in [1.165, 1.54) is 12.1 Å². The quantitative estimate of drug-likeness (QED) is 0.566. The Morgan fingerprint density at radius 3 is 2.64 bits per heavy atom. The minimum absolute atomic E-state index is 0.0389. The maximum Gasteiger partial charge on any atom is 0.266 e. The van der Waals surface area contributed by atoms with Crippen LogP contribution in [-0.4, -0.2) is 5.91 Å². The summed E-state index contributed by atoms with van der Waals surface area (Å²) >= 11 is 15.2. The molecule has 22 heavy (non-hydrogen) atoms. The number of nitrogens with zero attached hydrogens (tertiary/aromatic N) is 1. The molecule has 0 fully saturated rings. The smallest absolute Gasteiger partial charge is 0.266 e. The molecule has 3 nitrogen and oxygen atoms in total. The van der Waals surface area contributed by atoms with Gasteiger partial charge < -0.3 is 5.32 Å². The monoisotopic (exact) mass is 394 g/mol. The molecule has 0 aliphatic carbocycles. The van der Waals surface area contributed by atoms with Crippen molar-refractivity contribution in [1.82, 2.24) is 0 Å². The molecule has 2 aromatic carbocycles. The van der Waals surface area contributed by atoms with E-state index in [-0.39, 0.29) is 5.57 Å². The zero-order valence-corrected chi connectivity index (χ0v) is 14.2. The molecule has 0 saturated heterocycles. The third kappa shape index (κ3) is 4.11. The third-order valence-electron chi connectivity index (χ3n) is 2.75. The second kappa shape index (κ2) is 7.46. The maximum atomic E-state index is 12.2. The van der Waals surface area contributed by atoms with Crippen LogP contribution in [0.2, 0.25) is 10.0 Å². The van der Waals surface area contributed by atoms with Crippen LogP contribution in [0, 0.1) is 11.3 Å². The lowest BCUT2D eigenvalue weighted by molar-refractivity contribution is -0.112. The molecule has 0 unspecified atom stereocenters. The molecule has 0 bridgehead atoms. The summed E-state index contributed by atoms with van der Waals surface area (Å²) in [5.74, 6) is -0.553. The second-order valence-electron chi connectivity index (χ2n) is 4.27. The number of hydrogen-bond acceptors (Lipinski definition) is 2. The lowest BCUT2D eigenvalue weighted by Gasteiger charge is -2.07. The summed E-state index contributed by atoms with van der Waals surface area (Å²) in [6, 6.07) is 13.9. The summed E-state index contributed by atoms with van der Waals surface area (Å²) in [5, 5.41) is 12.6. The SMILES string of the molecule is N#C/C(=C\c1ccccc1Br)C(=O)Nc1cc(Cl)ccc1Cl. The van der Waals surface area contributed by atoms with Crippen LogP contribution in [0.25, 0.3) is 6.08 Å². The van der Waals surface area contributed by atoms with E-state index in [0.29, 0.717) is 15.7 Å². The van der Waals surface area contributed by atoms with Crippen molar-refractivity contribution in [1.29, 1.82) is 5.26 Å². The zero-order chi connectivity index (χ0) is 16.1. The van der Waals surface area contributed by atoms with Gasteiger partial charge in [-0.25, -0.2) is 0 Å². The average molecular weight is 396 g/mol. The summed E-state index contributed by atoms with van der Waals surface area (Å²) in [6.45, 7) is 0. The molecule has 2 aromatic rings. The van der Waals surface area contributed by atoms with Crippen LogP contribution in [0.3, 0.4) is 0 Å². The van der Waals surface area contributed by atoms with Crippen molar-refractivity contribution in [2.24, 2.45) is 0 Å². The number of anilines is 1. The van der Waals surface area contributed by atoms with Gasteiger partial charge in [-0.2, -0.15) is 5.26 Å². The Balaban J connectivity index is 2.29. The Morgan fingerprint density at radius 1 is 1.23 bits per heavy atom. The van der Waals surface area contributed by atoms with E-state index in [1.54, 1.807) is 18.2 Å². The summed E-state index contributed by atoms with van der Waals surface area (Å²) in [6.07, 6.45) is 1.50. The van der Waals surface area contributed by atoms with Crippen molar-refractivity contribution in [3.05, 3.63) is 68.1 Å². The van der Waals surface area contributed by atoms with Crippen LogP contribution in [0.1, 0.15) is 5.56 Å². The van der Waals surface area contributed by atoms with E-state index >= 15 is 0 Å². The first-order valence-corrected chi connectivity index (χ1v) is 7.69. The standard InChI is InChI=1S/C16H9BrCl2N2O/c17-13-4-2-1-3-10(13)7-11(9-20)16(22)21-15-8-12(18)5-6-14(15)19/h1-8H,(H,21,22)/b11-7+. The van der Waals surface area contributed by atoms with Gasteiger partial charge in [0, 0.05) is 9.50 Å². The summed E-state index contributed by atoms with van der Waals surface area (Å²) < 4.78 is 0.788. The van der Waals surface area contributed by atoms with E-state index in [2.05, 4.69) is 21.2 Å². The fourth-order valence-electron chi connectivity index (χ4n) is 1.68. The van der Waals surface area contributed by atoms with E-state index in [9.17, 15) is 10.1 Å². The van der Waals surface area contributed by atoms with Crippen LogP contribution in [0.5, 0.6) is 0 Å². The molecule has 1 amide bonds. The normalized spacial score (nSPS) is 10.9. The fraction of sp³-hybridized carbons (Fsp3) is 0. The van der Waals surface area contributed by atoms with Crippen LogP contribution >= 0.6 is 39.1 Å². The van der Waals surface area contributed by atoms with Gasteiger partial charge in [0.25, 0.3) is 5.91 Å². The van der Waals surface area contributed by atoms with Gasteiger partial charge in [0.1, 0.15) is 11.6 Å². The topological polar surface area (TPSA) is 52.9 Å². The molecule has 110 valence electrons. The Bertz CT molecular complexity index is 797. The van der Waals surface area contributed by atoms with E-state index in [1.807, 2.05) is 24.3 Å². The van der Waals surface area contributed by atoms with E-state index in [4.69, 9.17) is 23.2 Å². The highest BCUT2D eigenvalue weighted by molar-refractivity contribution is 9.10. The number of nitrogens with one attached hydrogen (secondary N) is 1. The van der Waals surface area contributed by atoms with Gasteiger partial charge in [-0.05, 0) is 35.9 Å². The van der Waals surface area contributed by atoms with Crippen molar-refractivity contribution in [3.63, 3.8) is 0 Å². The molecule has 0 saturated carbocycles. The van der Waals surface area contributed by atoms with Gasteiger partial charge in [0.05, 0.1) is 10.7 Å².